The number of alkyl halides is 3. The number of anilines is 2. The maximum absolute atomic E-state index is 13.6. The van der Waals surface area contributed by atoms with E-state index < -0.39 is 17.6 Å². The maximum atomic E-state index is 13.6. The Bertz CT molecular complexity index is 1100. The van der Waals surface area contributed by atoms with Crippen LogP contribution >= 0.6 is 0 Å². The zero-order chi connectivity index (χ0) is 20.6. The Labute approximate surface area is 162 Å². The van der Waals surface area contributed by atoms with Gasteiger partial charge in [0.2, 0.25) is 0 Å². The number of carbonyl (C=O) groups is 1. The molecule has 3 heterocycles. The summed E-state index contributed by atoms with van der Waals surface area (Å²) in [7, 11) is 0. The molecule has 0 saturated heterocycles. The van der Waals surface area contributed by atoms with Crippen molar-refractivity contribution in [2.75, 3.05) is 11.9 Å². The molecular formula is C20H14F4N4O. The van der Waals surface area contributed by atoms with Gasteiger partial charge < -0.3 is 10.6 Å². The van der Waals surface area contributed by atoms with Gasteiger partial charge in [-0.25, -0.2) is 4.39 Å². The number of benzene rings is 1. The smallest absolute Gasteiger partial charge is 0.355 e. The highest BCUT2D eigenvalue weighted by atomic mass is 19.4. The summed E-state index contributed by atoms with van der Waals surface area (Å²) in [6.45, 7) is 0.478. The molecule has 0 saturated carbocycles. The number of rotatable bonds is 3. The minimum absolute atomic E-state index is 0.0445. The largest absolute Gasteiger partial charge is 0.416 e. The first-order valence-electron chi connectivity index (χ1n) is 8.68. The van der Waals surface area contributed by atoms with Crippen molar-refractivity contribution in [2.24, 2.45) is 0 Å². The van der Waals surface area contributed by atoms with Crippen LogP contribution in [0.25, 0.3) is 11.4 Å². The van der Waals surface area contributed by atoms with Gasteiger partial charge in [0.25, 0.3) is 5.91 Å². The molecule has 1 aliphatic rings. The van der Waals surface area contributed by atoms with Crippen molar-refractivity contribution in [3.8, 4) is 11.4 Å². The molecule has 0 unspecified atom stereocenters. The zero-order valence-electron chi connectivity index (χ0n) is 14.8. The highest BCUT2D eigenvalue weighted by Gasteiger charge is 2.31. The van der Waals surface area contributed by atoms with Crippen molar-refractivity contribution in [3.05, 3.63) is 71.3 Å². The second kappa shape index (κ2) is 7.16. The average molecular weight is 402 g/mol. The van der Waals surface area contributed by atoms with Crippen molar-refractivity contribution in [1.29, 1.82) is 0 Å². The highest BCUT2D eigenvalue weighted by Crippen LogP contribution is 2.33. The minimum atomic E-state index is -4.66. The second-order valence-electron chi connectivity index (χ2n) is 6.47. The first-order chi connectivity index (χ1) is 13.8. The minimum Gasteiger partial charge on any atom is -0.355 e. The standard InChI is InChI=1S/C20H14F4N4O/c21-12-7-11(20(22,23)24)8-14(9-12)28-13-1-4-25-17(10-13)18-15-2-6-27-19(29)16(15)3-5-26-18/h1,3-5,7-10H,2,6H2,(H,25,28)(H,27,29). The fraction of sp³-hybridized carbons (Fsp3) is 0.150. The van der Waals surface area contributed by atoms with Gasteiger partial charge in [0.1, 0.15) is 5.82 Å². The molecule has 0 spiro atoms. The molecule has 0 radical (unpaired) electrons. The van der Waals surface area contributed by atoms with Gasteiger partial charge in [-0.05, 0) is 48.4 Å². The van der Waals surface area contributed by atoms with Crippen LogP contribution in [0.3, 0.4) is 0 Å². The van der Waals surface area contributed by atoms with Crippen LogP contribution in [0.5, 0.6) is 0 Å². The lowest BCUT2D eigenvalue weighted by Gasteiger charge is -2.18. The molecule has 1 aromatic carbocycles. The third-order valence-corrected chi connectivity index (χ3v) is 4.48. The van der Waals surface area contributed by atoms with E-state index in [-0.39, 0.29) is 11.6 Å². The Kier molecular flexibility index (Phi) is 4.65. The monoisotopic (exact) mass is 402 g/mol. The lowest BCUT2D eigenvalue weighted by atomic mass is 9.97. The van der Waals surface area contributed by atoms with Gasteiger partial charge in [-0.15, -0.1) is 0 Å². The third-order valence-electron chi connectivity index (χ3n) is 4.48. The van der Waals surface area contributed by atoms with Gasteiger partial charge in [0.15, 0.2) is 0 Å². The number of halogens is 4. The molecule has 0 bridgehead atoms. The van der Waals surface area contributed by atoms with E-state index in [9.17, 15) is 22.4 Å². The van der Waals surface area contributed by atoms with Crippen molar-refractivity contribution >= 4 is 17.3 Å². The Morgan fingerprint density at radius 1 is 1.00 bits per heavy atom. The molecule has 29 heavy (non-hydrogen) atoms. The third kappa shape index (κ3) is 3.89. The Hall–Kier alpha value is -3.49. The van der Waals surface area contributed by atoms with Gasteiger partial charge >= 0.3 is 6.18 Å². The highest BCUT2D eigenvalue weighted by molar-refractivity contribution is 5.98. The van der Waals surface area contributed by atoms with E-state index in [0.29, 0.717) is 41.7 Å². The fourth-order valence-corrected chi connectivity index (χ4v) is 3.21. The van der Waals surface area contributed by atoms with Crippen LogP contribution in [0.4, 0.5) is 28.9 Å². The molecule has 5 nitrogen and oxygen atoms in total. The van der Waals surface area contributed by atoms with Crippen LogP contribution in [0.15, 0.2) is 48.8 Å². The number of carbonyl (C=O) groups excluding carboxylic acids is 1. The van der Waals surface area contributed by atoms with Gasteiger partial charge in [0, 0.05) is 35.9 Å². The van der Waals surface area contributed by atoms with Gasteiger partial charge in [-0.1, -0.05) is 0 Å². The van der Waals surface area contributed by atoms with Crippen LogP contribution < -0.4 is 10.6 Å². The first-order valence-corrected chi connectivity index (χ1v) is 8.68. The van der Waals surface area contributed by atoms with Crippen LogP contribution in [-0.4, -0.2) is 22.4 Å². The fourth-order valence-electron chi connectivity index (χ4n) is 3.21. The van der Waals surface area contributed by atoms with Gasteiger partial charge in [-0.3, -0.25) is 14.8 Å². The van der Waals surface area contributed by atoms with E-state index in [4.69, 9.17) is 0 Å². The molecule has 1 aliphatic heterocycles. The Morgan fingerprint density at radius 2 is 1.79 bits per heavy atom. The van der Waals surface area contributed by atoms with Crippen LogP contribution in [0.2, 0.25) is 0 Å². The molecular weight excluding hydrogens is 388 g/mol. The summed E-state index contributed by atoms with van der Waals surface area (Å²) in [6.07, 6.45) is -1.10. The molecule has 0 atom stereocenters. The lowest BCUT2D eigenvalue weighted by molar-refractivity contribution is -0.137. The molecule has 0 fully saturated rings. The van der Waals surface area contributed by atoms with Crippen LogP contribution in [0, 0.1) is 5.82 Å². The summed E-state index contributed by atoms with van der Waals surface area (Å²) in [5, 5.41) is 5.53. The summed E-state index contributed by atoms with van der Waals surface area (Å²) >= 11 is 0. The quantitative estimate of drug-likeness (QED) is 0.640. The number of hydrogen-bond donors (Lipinski definition) is 2. The molecule has 4 rings (SSSR count). The summed E-state index contributed by atoms with van der Waals surface area (Å²) in [4.78, 5) is 20.6. The summed E-state index contributed by atoms with van der Waals surface area (Å²) in [5.41, 5.74) is 1.53. The number of aromatic nitrogens is 2. The zero-order valence-corrected chi connectivity index (χ0v) is 14.8. The topological polar surface area (TPSA) is 66.9 Å². The Balaban J connectivity index is 1.69. The normalized spacial score (nSPS) is 13.6. The number of pyridine rings is 2. The molecule has 2 aromatic heterocycles. The van der Waals surface area contributed by atoms with Crippen molar-refractivity contribution in [1.82, 2.24) is 15.3 Å². The van der Waals surface area contributed by atoms with E-state index in [0.717, 1.165) is 17.7 Å². The lowest BCUT2D eigenvalue weighted by Crippen LogP contribution is -2.32. The number of amides is 1. The number of nitrogens with zero attached hydrogens (tertiary/aromatic N) is 2. The van der Waals surface area contributed by atoms with Gasteiger partial charge in [-0.2, -0.15) is 13.2 Å². The SMILES string of the molecule is O=C1NCCc2c1ccnc2-c1cc(Nc2cc(F)cc(C(F)(F)F)c2)ccn1. The van der Waals surface area contributed by atoms with Gasteiger partial charge in [0.05, 0.1) is 17.0 Å². The molecule has 1 amide bonds. The summed E-state index contributed by atoms with van der Waals surface area (Å²) < 4.78 is 52.4. The molecule has 9 heteroatoms. The van der Waals surface area contributed by atoms with Crippen LogP contribution in [-0.2, 0) is 12.6 Å². The van der Waals surface area contributed by atoms with E-state index in [1.807, 2.05) is 0 Å². The number of nitrogens with one attached hydrogen (secondary N) is 2. The first kappa shape index (κ1) is 18.9. The van der Waals surface area contributed by atoms with E-state index in [1.165, 1.54) is 12.4 Å². The number of fused-ring (bicyclic) bond motifs is 1. The average Bonchev–Trinajstić information content (AvgIpc) is 2.67. The Morgan fingerprint density at radius 3 is 2.59 bits per heavy atom. The van der Waals surface area contributed by atoms with Crippen molar-refractivity contribution in [3.63, 3.8) is 0 Å². The van der Waals surface area contributed by atoms with E-state index in [1.54, 1.807) is 18.2 Å². The molecule has 2 N–H and O–H groups in total. The molecule has 0 aliphatic carbocycles. The summed E-state index contributed by atoms with van der Waals surface area (Å²) in [6, 6.07) is 7.00. The summed E-state index contributed by atoms with van der Waals surface area (Å²) in [5.74, 6) is -1.19. The molecule has 148 valence electrons. The van der Waals surface area contributed by atoms with Crippen molar-refractivity contribution in [2.45, 2.75) is 12.6 Å². The van der Waals surface area contributed by atoms with Crippen molar-refractivity contribution < 1.29 is 22.4 Å². The van der Waals surface area contributed by atoms with E-state index in [2.05, 4.69) is 20.6 Å². The second-order valence-corrected chi connectivity index (χ2v) is 6.47. The predicted molar refractivity (Wildman–Crippen MR) is 98.2 cm³/mol. The predicted octanol–water partition coefficient (Wildman–Crippen LogP) is 4.33. The van der Waals surface area contributed by atoms with Crippen LogP contribution in [0.1, 0.15) is 21.5 Å². The maximum Gasteiger partial charge on any atom is 0.416 e. The molecule has 3 aromatic rings. The number of hydrogen-bond acceptors (Lipinski definition) is 4. The van der Waals surface area contributed by atoms with E-state index >= 15 is 0 Å².